The Hall–Kier alpha value is -0.770. The maximum atomic E-state index is 11.1. The summed E-state index contributed by atoms with van der Waals surface area (Å²) in [6, 6.07) is 0.333. The smallest absolute Gasteiger partial charge is 0.307 e. The topological polar surface area (TPSA) is 35.6 Å². The predicted octanol–water partition coefficient (Wildman–Crippen LogP) is 0.224. The molecule has 0 radical (unpaired) electrons. The number of carbonyl (C=O) groups excluding carboxylic acids is 1. The van der Waals surface area contributed by atoms with Crippen LogP contribution in [0.5, 0.6) is 0 Å². The fourth-order valence-electron chi connectivity index (χ4n) is 0.914. The van der Waals surface area contributed by atoms with Gasteiger partial charge in [0.1, 0.15) is 0 Å². The van der Waals surface area contributed by atoms with Crippen molar-refractivity contribution >= 4 is 6.03 Å². The van der Waals surface area contributed by atoms with Crippen LogP contribution in [0.1, 0.15) is 13.8 Å². The SMILES string of the molecule is CC(C)N1CNN(C)C1=O. The molecule has 1 fully saturated rings. The molecule has 0 aromatic heterocycles. The standard InChI is InChI=1S/C6H13N3O/c1-5(2)9-4-7-8(3)6(9)10/h5,7H,4H2,1-3H3. The molecule has 1 N–H and O–H groups in total. The summed E-state index contributed by atoms with van der Waals surface area (Å²) in [5.41, 5.74) is 2.91. The zero-order chi connectivity index (χ0) is 7.72. The molecule has 0 spiro atoms. The molecule has 58 valence electrons. The number of hydrogen-bond donors (Lipinski definition) is 1. The minimum absolute atomic E-state index is 0.0509. The number of hydrogen-bond acceptors (Lipinski definition) is 2. The molecule has 4 heteroatoms. The van der Waals surface area contributed by atoms with Gasteiger partial charge in [-0.25, -0.2) is 10.2 Å². The molecule has 0 atom stereocenters. The lowest BCUT2D eigenvalue weighted by atomic mass is 10.4. The van der Waals surface area contributed by atoms with Crippen molar-refractivity contribution in [1.82, 2.24) is 15.3 Å². The Morgan fingerprint density at radius 1 is 1.60 bits per heavy atom. The third kappa shape index (κ3) is 1.07. The Labute approximate surface area is 60.8 Å². The molecule has 1 heterocycles. The third-order valence-corrected chi connectivity index (χ3v) is 1.63. The van der Waals surface area contributed by atoms with E-state index in [0.29, 0.717) is 6.67 Å². The molecule has 0 aromatic rings. The first-order valence-electron chi connectivity index (χ1n) is 3.40. The van der Waals surface area contributed by atoms with Crippen LogP contribution in [-0.4, -0.2) is 35.7 Å². The van der Waals surface area contributed by atoms with Crippen molar-refractivity contribution in [3.63, 3.8) is 0 Å². The lowest BCUT2D eigenvalue weighted by Gasteiger charge is -2.17. The highest BCUT2D eigenvalue weighted by Crippen LogP contribution is 2.05. The summed E-state index contributed by atoms with van der Waals surface area (Å²) in [6.45, 7) is 4.63. The van der Waals surface area contributed by atoms with Gasteiger partial charge >= 0.3 is 6.03 Å². The summed E-state index contributed by atoms with van der Waals surface area (Å²) in [5, 5.41) is 1.50. The summed E-state index contributed by atoms with van der Waals surface area (Å²) in [4.78, 5) is 12.9. The van der Waals surface area contributed by atoms with Crippen molar-refractivity contribution in [1.29, 1.82) is 0 Å². The van der Waals surface area contributed by atoms with E-state index < -0.39 is 0 Å². The second kappa shape index (κ2) is 2.46. The summed E-state index contributed by atoms with van der Waals surface area (Å²) >= 11 is 0. The molecule has 1 saturated heterocycles. The third-order valence-electron chi connectivity index (χ3n) is 1.63. The Bertz CT molecular complexity index is 146. The second-order valence-electron chi connectivity index (χ2n) is 2.72. The number of carbonyl (C=O) groups is 1. The minimum atomic E-state index is 0.0509. The van der Waals surface area contributed by atoms with Gasteiger partial charge in [-0.05, 0) is 13.8 Å². The molecule has 1 aliphatic heterocycles. The maximum Gasteiger partial charge on any atom is 0.335 e. The monoisotopic (exact) mass is 143 g/mol. The van der Waals surface area contributed by atoms with E-state index >= 15 is 0 Å². The number of amides is 2. The van der Waals surface area contributed by atoms with E-state index in [1.54, 1.807) is 11.9 Å². The van der Waals surface area contributed by atoms with Crippen molar-refractivity contribution in [3.8, 4) is 0 Å². The van der Waals surface area contributed by atoms with E-state index in [1.165, 1.54) is 5.01 Å². The highest BCUT2D eigenvalue weighted by atomic mass is 16.2. The van der Waals surface area contributed by atoms with Crippen LogP contribution in [0.15, 0.2) is 0 Å². The van der Waals surface area contributed by atoms with Crippen LogP contribution in [0.4, 0.5) is 4.79 Å². The van der Waals surface area contributed by atoms with Gasteiger partial charge in [-0.15, -0.1) is 0 Å². The van der Waals surface area contributed by atoms with Crippen molar-refractivity contribution in [2.75, 3.05) is 13.7 Å². The Morgan fingerprint density at radius 3 is 2.40 bits per heavy atom. The normalized spacial score (nSPS) is 19.4. The first-order chi connectivity index (χ1) is 4.63. The van der Waals surface area contributed by atoms with Crippen molar-refractivity contribution in [2.24, 2.45) is 0 Å². The van der Waals surface area contributed by atoms with Gasteiger partial charge in [0.2, 0.25) is 0 Å². The van der Waals surface area contributed by atoms with E-state index in [9.17, 15) is 4.79 Å². The van der Waals surface area contributed by atoms with Gasteiger partial charge in [0.25, 0.3) is 0 Å². The zero-order valence-corrected chi connectivity index (χ0v) is 6.59. The van der Waals surface area contributed by atoms with Crippen molar-refractivity contribution in [2.45, 2.75) is 19.9 Å². The summed E-state index contributed by atoms with van der Waals surface area (Å²) in [7, 11) is 1.73. The molecule has 0 bridgehead atoms. The van der Waals surface area contributed by atoms with Crippen LogP contribution in [0.25, 0.3) is 0 Å². The largest absolute Gasteiger partial charge is 0.335 e. The quantitative estimate of drug-likeness (QED) is 0.570. The number of nitrogens with one attached hydrogen (secondary N) is 1. The molecule has 1 aliphatic rings. The first kappa shape index (κ1) is 7.34. The Morgan fingerprint density at radius 2 is 2.20 bits per heavy atom. The molecule has 0 aromatic carbocycles. The zero-order valence-electron chi connectivity index (χ0n) is 6.59. The van der Waals surface area contributed by atoms with Crippen LogP contribution in [0.3, 0.4) is 0 Å². The van der Waals surface area contributed by atoms with Gasteiger partial charge in [0.05, 0.1) is 6.67 Å². The lowest BCUT2D eigenvalue weighted by Crippen LogP contribution is -2.34. The average Bonchev–Trinajstić information content (AvgIpc) is 2.14. The maximum absolute atomic E-state index is 11.1. The molecule has 0 aliphatic carbocycles. The molecular formula is C6H13N3O. The summed E-state index contributed by atoms with van der Waals surface area (Å²) in [6.07, 6.45) is 0. The van der Waals surface area contributed by atoms with E-state index in [-0.39, 0.29) is 12.1 Å². The highest BCUT2D eigenvalue weighted by molar-refractivity contribution is 5.75. The Balaban J connectivity index is 2.57. The van der Waals surface area contributed by atoms with Gasteiger partial charge in [0, 0.05) is 13.1 Å². The van der Waals surface area contributed by atoms with Gasteiger partial charge in [-0.1, -0.05) is 0 Å². The molecule has 2 amide bonds. The number of hydrazine groups is 1. The van der Waals surface area contributed by atoms with Gasteiger partial charge in [0.15, 0.2) is 0 Å². The van der Waals surface area contributed by atoms with Crippen LogP contribution in [0, 0.1) is 0 Å². The number of nitrogens with zero attached hydrogens (tertiary/aromatic N) is 2. The Kier molecular flexibility index (Phi) is 1.80. The molecule has 1 rings (SSSR count). The minimum Gasteiger partial charge on any atom is -0.307 e. The van der Waals surface area contributed by atoms with E-state index in [4.69, 9.17) is 0 Å². The van der Waals surface area contributed by atoms with Crippen molar-refractivity contribution in [3.05, 3.63) is 0 Å². The predicted molar refractivity (Wildman–Crippen MR) is 38.1 cm³/mol. The molecule has 0 saturated carbocycles. The molecule has 0 unspecified atom stereocenters. The molecule has 4 nitrogen and oxygen atoms in total. The molecule has 10 heavy (non-hydrogen) atoms. The van der Waals surface area contributed by atoms with Crippen LogP contribution in [-0.2, 0) is 0 Å². The van der Waals surface area contributed by atoms with Crippen molar-refractivity contribution < 1.29 is 4.79 Å². The average molecular weight is 143 g/mol. The second-order valence-corrected chi connectivity index (χ2v) is 2.72. The number of urea groups is 1. The van der Waals surface area contributed by atoms with Crippen LogP contribution >= 0.6 is 0 Å². The molecular weight excluding hydrogens is 130 g/mol. The number of rotatable bonds is 1. The van der Waals surface area contributed by atoms with E-state index in [0.717, 1.165) is 0 Å². The first-order valence-corrected chi connectivity index (χ1v) is 3.40. The van der Waals surface area contributed by atoms with E-state index in [2.05, 4.69) is 5.43 Å². The van der Waals surface area contributed by atoms with Gasteiger partial charge in [-0.2, -0.15) is 0 Å². The van der Waals surface area contributed by atoms with Crippen LogP contribution < -0.4 is 5.43 Å². The van der Waals surface area contributed by atoms with Crippen LogP contribution in [0.2, 0.25) is 0 Å². The van der Waals surface area contributed by atoms with Gasteiger partial charge in [-0.3, -0.25) is 5.01 Å². The summed E-state index contributed by atoms with van der Waals surface area (Å²) in [5.74, 6) is 0. The summed E-state index contributed by atoms with van der Waals surface area (Å²) < 4.78 is 0. The lowest BCUT2D eigenvalue weighted by molar-refractivity contribution is 0.187. The fourth-order valence-corrected chi connectivity index (χ4v) is 0.914. The van der Waals surface area contributed by atoms with E-state index in [1.807, 2.05) is 13.8 Å². The highest BCUT2D eigenvalue weighted by Gasteiger charge is 2.26. The fraction of sp³-hybridized carbons (Fsp3) is 0.833. The van der Waals surface area contributed by atoms with Gasteiger partial charge < -0.3 is 4.90 Å².